The number of fused-ring (bicyclic) bond motifs is 1. The predicted octanol–water partition coefficient (Wildman–Crippen LogP) is 3.96. The van der Waals surface area contributed by atoms with Crippen LogP contribution in [0.3, 0.4) is 0 Å². The van der Waals surface area contributed by atoms with Crippen molar-refractivity contribution in [2.24, 2.45) is 11.8 Å². The highest BCUT2D eigenvalue weighted by molar-refractivity contribution is 5.93. The number of carbonyl (C=O) groups excluding carboxylic acids is 1. The molecule has 2 aromatic rings. The summed E-state index contributed by atoms with van der Waals surface area (Å²) >= 11 is 0. The molecule has 0 bridgehead atoms. The van der Waals surface area contributed by atoms with Gasteiger partial charge in [0.25, 0.3) is 5.91 Å². The molecule has 0 N–H and O–H groups in total. The van der Waals surface area contributed by atoms with Crippen LogP contribution in [-0.4, -0.2) is 38.7 Å². The number of carbonyl (C=O) groups is 1. The van der Waals surface area contributed by atoms with E-state index in [0.29, 0.717) is 17.5 Å². The van der Waals surface area contributed by atoms with Crippen LogP contribution < -0.4 is 0 Å². The average Bonchev–Trinajstić information content (AvgIpc) is 3.28. The molecule has 2 unspecified atom stereocenters. The monoisotopic (exact) mass is 352 g/mol. The molecule has 5 nitrogen and oxygen atoms in total. The van der Waals surface area contributed by atoms with Crippen molar-refractivity contribution < 1.29 is 4.79 Å². The van der Waals surface area contributed by atoms with Crippen LogP contribution in [0.5, 0.6) is 0 Å². The van der Waals surface area contributed by atoms with Gasteiger partial charge in [0.1, 0.15) is 5.69 Å². The quantitative estimate of drug-likeness (QED) is 0.822. The van der Waals surface area contributed by atoms with Crippen LogP contribution in [0.15, 0.2) is 30.7 Å². The third kappa shape index (κ3) is 3.27. The number of hydrogen-bond acceptors (Lipinski definition) is 3. The fourth-order valence-electron chi connectivity index (χ4n) is 4.30. The molecular formula is C21H28N4O. The number of aromatic nitrogens is 3. The minimum Gasteiger partial charge on any atom is -0.337 e. The Morgan fingerprint density at radius 3 is 2.42 bits per heavy atom. The normalized spacial score (nSPS) is 23.1. The Kier molecular flexibility index (Phi) is 4.33. The van der Waals surface area contributed by atoms with Crippen molar-refractivity contribution in [1.82, 2.24) is 19.7 Å². The van der Waals surface area contributed by atoms with E-state index in [1.165, 1.54) is 25.7 Å². The van der Waals surface area contributed by atoms with Crippen LogP contribution in [0, 0.1) is 11.8 Å². The lowest BCUT2D eigenvalue weighted by atomic mass is 9.82. The smallest absolute Gasteiger partial charge is 0.272 e. The standard InChI is InChI=1S/C21H28N4O/c1-21(2,3)25-14-18(11-23-25)15-8-9-22-19(10-15)20(26)24-12-16-6-4-5-7-17(16)13-24/h8-11,14,16-17H,4-7,12-13H2,1-3H3. The molecule has 26 heavy (non-hydrogen) atoms. The highest BCUT2D eigenvalue weighted by Gasteiger charge is 2.37. The molecule has 1 amide bonds. The van der Waals surface area contributed by atoms with E-state index in [0.717, 1.165) is 24.2 Å². The van der Waals surface area contributed by atoms with E-state index >= 15 is 0 Å². The van der Waals surface area contributed by atoms with E-state index in [-0.39, 0.29) is 11.4 Å². The van der Waals surface area contributed by atoms with E-state index in [2.05, 4.69) is 30.9 Å². The zero-order valence-corrected chi connectivity index (χ0v) is 16.0. The van der Waals surface area contributed by atoms with Crippen molar-refractivity contribution in [3.05, 3.63) is 36.4 Å². The maximum atomic E-state index is 13.0. The van der Waals surface area contributed by atoms with Crippen LogP contribution in [0.2, 0.25) is 0 Å². The van der Waals surface area contributed by atoms with Gasteiger partial charge in [-0.25, -0.2) is 0 Å². The SMILES string of the molecule is CC(C)(C)n1cc(-c2ccnc(C(=O)N3CC4CCCCC4C3)c2)cn1. The zero-order chi connectivity index (χ0) is 18.3. The molecule has 2 aromatic heterocycles. The van der Waals surface area contributed by atoms with Crippen molar-refractivity contribution in [3.63, 3.8) is 0 Å². The maximum absolute atomic E-state index is 13.0. The Morgan fingerprint density at radius 1 is 1.12 bits per heavy atom. The van der Waals surface area contributed by atoms with Gasteiger partial charge in [-0.1, -0.05) is 12.8 Å². The van der Waals surface area contributed by atoms with Crippen molar-refractivity contribution >= 4 is 5.91 Å². The Morgan fingerprint density at radius 2 is 1.81 bits per heavy atom. The number of rotatable bonds is 2. The first-order valence-corrected chi connectivity index (χ1v) is 9.73. The van der Waals surface area contributed by atoms with Crippen molar-refractivity contribution in [3.8, 4) is 11.1 Å². The lowest BCUT2D eigenvalue weighted by molar-refractivity contribution is 0.0778. The molecule has 2 aliphatic rings. The summed E-state index contributed by atoms with van der Waals surface area (Å²) in [6, 6.07) is 3.86. The van der Waals surface area contributed by atoms with Gasteiger partial charge in [0.05, 0.1) is 11.7 Å². The molecule has 0 radical (unpaired) electrons. The number of amides is 1. The summed E-state index contributed by atoms with van der Waals surface area (Å²) in [5, 5.41) is 4.47. The zero-order valence-electron chi connectivity index (χ0n) is 16.0. The van der Waals surface area contributed by atoms with Crippen LogP contribution in [-0.2, 0) is 5.54 Å². The van der Waals surface area contributed by atoms with Gasteiger partial charge in [0.2, 0.25) is 0 Å². The molecule has 4 rings (SSSR count). The molecule has 138 valence electrons. The van der Waals surface area contributed by atoms with Gasteiger partial charge in [0, 0.05) is 31.0 Å². The van der Waals surface area contributed by atoms with Crippen LogP contribution in [0.25, 0.3) is 11.1 Å². The van der Waals surface area contributed by atoms with E-state index in [9.17, 15) is 4.79 Å². The Bertz CT molecular complexity index is 790. The van der Waals surface area contributed by atoms with Gasteiger partial charge < -0.3 is 4.90 Å². The van der Waals surface area contributed by atoms with Crippen molar-refractivity contribution in [2.75, 3.05) is 13.1 Å². The fourth-order valence-corrected chi connectivity index (χ4v) is 4.30. The second kappa shape index (κ2) is 6.53. The van der Waals surface area contributed by atoms with E-state index in [4.69, 9.17) is 0 Å². The summed E-state index contributed by atoms with van der Waals surface area (Å²) < 4.78 is 1.95. The van der Waals surface area contributed by atoms with Gasteiger partial charge in [-0.2, -0.15) is 5.10 Å². The molecule has 1 saturated heterocycles. The van der Waals surface area contributed by atoms with Gasteiger partial charge in [-0.15, -0.1) is 0 Å². The molecule has 5 heteroatoms. The van der Waals surface area contributed by atoms with E-state index in [1.54, 1.807) is 6.20 Å². The third-order valence-electron chi connectivity index (χ3n) is 5.85. The number of nitrogens with zero attached hydrogens (tertiary/aromatic N) is 4. The summed E-state index contributed by atoms with van der Waals surface area (Å²) in [4.78, 5) is 19.4. The number of likely N-dealkylation sites (tertiary alicyclic amines) is 1. The molecule has 0 spiro atoms. The second-order valence-electron chi connectivity index (χ2n) is 8.79. The number of pyridine rings is 1. The van der Waals surface area contributed by atoms with Crippen molar-refractivity contribution in [2.45, 2.75) is 52.0 Å². The molecule has 2 atom stereocenters. The lowest BCUT2D eigenvalue weighted by Gasteiger charge is -2.22. The molecule has 1 aliphatic heterocycles. The minimum atomic E-state index is -0.0597. The summed E-state index contributed by atoms with van der Waals surface area (Å²) in [5.41, 5.74) is 2.50. The van der Waals surface area contributed by atoms with Gasteiger partial charge in [0.15, 0.2) is 0 Å². The highest BCUT2D eigenvalue weighted by Crippen LogP contribution is 2.36. The Hall–Kier alpha value is -2.17. The van der Waals surface area contributed by atoms with Crippen LogP contribution in [0.1, 0.15) is 56.9 Å². The summed E-state index contributed by atoms with van der Waals surface area (Å²) in [5.74, 6) is 1.46. The predicted molar refractivity (Wildman–Crippen MR) is 102 cm³/mol. The summed E-state index contributed by atoms with van der Waals surface area (Å²) in [6.07, 6.45) is 10.8. The molecular weight excluding hydrogens is 324 g/mol. The van der Waals surface area contributed by atoms with Gasteiger partial charge >= 0.3 is 0 Å². The van der Waals surface area contributed by atoms with Gasteiger partial charge in [-0.3, -0.25) is 14.5 Å². The third-order valence-corrected chi connectivity index (χ3v) is 5.85. The first-order valence-electron chi connectivity index (χ1n) is 9.73. The molecule has 0 aromatic carbocycles. The van der Waals surface area contributed by atoms with Gasteiger partial charge in [-0.05, 0) is 63.1 Å². The number of hydrogen-bond donors (Lipinski definition) is 0. The highest BCUT2D eigenvalue weighted by atomic mass is 16.2. The average molecular weight is 352 g/mol. The molecule has 3 heterocycles. The fraction of sp³-hybridized carbons (Fsp3) is 0.571. The van der Waals surface area contributed by atoms with Crippen LogP contribution in [0.4, 0.5) is 0 Å². The van der Waals surface area contributed by atoms with Crippen LogP contribution >= 0.6 is 0 Å². The largest absolute Gasteiger partial charge is 0.337 e. The van der Waals surface area contributed by atoms with E-state index in [1.807, 2.05) is 34.1 Å². The Balaban J connectivity index is 1.54. The summed E-state index contributed by atoms with van der Waals surface area (Å²) in [6.45, 7) is 8.17. The maximum Gasteiger partial charge on any atom is 0.272 e. The van der Waals surface area contributed by atoms with E-state index < -0.39 is 0 Å². The molecule has 1 saturated carbocycles. The first-order chi connectivity index (χ1) is 12.4. The topological polar surface area (TPSA) is 51.0 Å². The molecule has 2 fully saturated rings. The Labute approximate surface area is 155 Å². The first kappa shape index (κ1) is 17.3. The molecule has 1 aliphatic carbocycles. The minimum absolute atomic E-state index is 0.0597. The summed E-state index contributed by atoms with van der Waals surface area (Å²) in [7, 11) is 0. The lowest BCUT2D eigenvalue weighted by Crippen LogP contribution is -2.29. The second-order valence-corrected chi connectivity index (χ2v) is 8.79. The van der Waals surface area contributed by atoms with Crippen molar-refractivity contribution in [1.29, 1.82) is 0 Å².